The number of alkyl halides is 3. The average molecular weight is 374 g/mol. The molecule has 0 radical (unpaired) electrons. The van der Waals surface area contributed by atoms with Gasteiger partial charge in [-0.1, -0.05) is 66.7 Å². The molecule has 0 atom stereocenters. The van der Waals surface area contributed by atoms with Gasteiger partial charge in [-0.2, -0.15) is 13.2 Å². The summed E-state index contributed by atoms with van der Waals surface area (Å²) in [7, 11) is 0. The normalized spacial score (nSPS) is 15.1. The second kappa shape index (κ2) is 6.23. The molecular weight excluding hydrogens is 357 g/mol. The maximum Gasteiger partial charge on any atom is 0.416 e. The van der Waals surface area contributed by atoms with Gasteiger partial charge in [0, 0.05) is 0 Å². The number of rotatable bonds is 2. The second-order valence-electron chi connectivity index (χ2n) is 7.32. The van der Waals surface area contributed by atoms with Gasteiger partial charge in [0.05, 0.1) is 5.56 Å². The van der Waals surface area contributed by atoms with Gasteiger partial charge in [0.15, 0.2) is 0 Å². The van der Waals surface area contributed by atoms with Crippen molar-refractivity contribution in [1.82, 2.24) is 0 Å². The number of hydrogen-bond donors (Lipinski definition) is 0. The minimum atomic E-state index is -4.32. The predicted molar refractivity (Wildman–Crippen MR) is 107 cm³/mol. The van der Waals surface area contributed by atoms with Crippen molar-refractivity contribution in [3.63, 3.8) is 0 Å². The molecule has 0 fully saturated rings. The summed E-state index contributed by atoms with van der Waals surface area (Å²) in [6.07, 6.45) is 1.36. The molecule has 28 heavy (non-hydrogen) atoms. The van der Waals surface area contributed by atoms with E-state index in [-0.39, 0.29) is 0 Å². The molecular formula is C25H17F3. The predicted octanol–water partition coefficient (Wildman–Crippen LogP) is 7.15. The summed E-state index contributed by atoms with van der Waals surface area (Å²) in [6.45, 7) is 0. The molecule has 0 unspecified atom stereocenters. The zero-order chi connectivity index (χ0) is 19.3. The molecule has 3 aromatic rings. The molecule has 0 aliphatic heterocycles. The van der Waals surface area contributed by atoms with E-state index in [9.17, 15) is 13.2 Å². The fraction of sp³-hybridized carbons (Fsp3) is 0.120. The van der Waals surface area contributed by atoms with Crippen molar-refractivity contribution in [1.29, 1.82) is 0 Å². The number of benzene rings is 3. The largest absolute Gasteiger partial charge is 0.416 e. The van der Waals surface area contributed by atoms with Gasteiger partial charge in [-0.05, 0) is 69.5 Å². The monoisotopic (exact) mass is 374 g/mol. The van der Waals surface area contributed by atoms with E-state index in [1.807, 2.05) is 12.2 Å². The molecule has 0 saturated heterocycles. The van der Waals surface area contributed by atoms with E-state index >= 15 is 0 Å². The lowest BCUT2D eigenvalue weighted by atomic mass is 9.98. The van der Waals surface area contributed by atoms with E-state index < -0.39 is 11.7 Å². The van der Waals surface area contributed by atoms with Crippen molar-refractivity contribution in [2.45, 2.75) is 19.0 Å². The van der Waals surface area contributed by atoms with Crippen LogP contribution in [-0.4, -0.2) is 0 Å². The maximum absolute atomic E-state index is 13.0. The van der Waals surface area contributed by atoms with Crippen molar-refractivity contribution in [2.75, 3.05) is 0 Å². The first-order valence-electron chi connectivity index (χ1n) is 9.29. The zero-order valence-electron chi connectivity index (χ0n) is 15.1. The Balaban J connectivity index is 1.45. The Morgan fingerprint density at radius 2 is 1.54 bits per heavy atom. The van der Waals surface area contributed by atoms with E-state index in [2.05, 4.69) is 42.5 Å². The Kier molecular flexibility index (Phi) is 3.80. The first-order chi connectivity index (χ1) is 13.5. The minimum Gasteiger partial charge on any atom is -0.166 e. The summed E-state index contributed by atoms with van der Waals surface area (Å²) >= 11 is 0. The van der Waals surface area contributed by atoms with E-state index in [1.54, 1.807) is 6.07 Å². The number of fused-ring (bicyclic) bond motifs is 3. The molecule has 5 rings (SSSR count). The standard InChI is InChI=1S/C25H17F3/c26-25(27,28)22-6-3-5-16(15-22)17-8-9-18(12-17)19-10-11-24-21(13-19)14-20-4-1-2-7-23(20)24/h1-8,10-13,15H,9,14H2. The van der Waals surface area contributed by atoms with Gasteiger partial charge in [-0.3, -0.25) is 0 Å². The molecule has 2 aliphatic rings. The third-order valence-corrected chi connectivity index (χ3v) is 5.56. The number of halogens is 3. The van der Waals surface area contributed by atoms with Crippen molar-refractivity contribution < 1.29 is 13.2 Å². The molecule has 0 nitrogen and oxygen atoms in total. The van der Waals surface area contributed by atoms with Gasteiger partial charge >= 0.3 is 6.18 Å². The molecule has 0 heterocycles. The summed E-state index contributed by atoms with van der Waals surface area (Å²) in [5, 5.41) is 0. The highest BCUT2D eigenvalue weighted by atomic mass is 19.4. The van der Waals surface area contributed by atoms with Crippen LogP contribution in [0.3, 0.4) is 0 Å². The second-order valence-corrected chi connectivity index (χ2v) is 7.32. The minimum absolute atomic E-state index is 0.608. The number of hydrogen-bond acceptors (Lipinski definition) is 0. The summed E-state index contributed by atoms with van der Waals surface area (Å²) in [4.78, 5) is 0. The highest BCUT2D eigenvalue weighted by molar-refractivity contribution is 5.90. The highest BCUT2D eigenvalue weighted by Gasteiger charge is 2.30. The van der Waals surface area contributed by atoms with Crippen LogP contribution < -0.4 is 0 Å². The fourth-order valence-electron chi connectivity index (χ4n) is 4.15. The third-order valence-electron chi connectivity index (χ3n) is 5.56. The van der Waals surface area contributed by atoms with Crippen molar-refractivity contribution >= 4 is 11.1 Å². The lowest BCUT2D eigenvalue weighted by molar-refractivity contribution is -0.137. The van der Waals surface area contributed by atoms with E-state index in [4.69, 9.17) is 0 Å². The Hall–Kier alpha value is -3.07. The highest BCUT2D eigenvalue weighted by Crippen LogP contribution is 2.40. The Morgan fingerprint density at radius 1 is 0.714 bits per heavy atom. The van der Waals surface area contributed by atoms with Crippen LogP contribution in [0.15, 0.2) is 78.9 Å². The van der Waals surface area contributed by atoms with Crippen LogP contribution in [0.5, 0.6) is 0 Å². The van der Waals surface area contributed by atoms with Crippen LogP contribution in [0, 0.1) is 0 Å². The fourth-order valence-corrected chi connectivity index (χ4v) is 4.15. The Morgan fingerprint density at radius 3 is 2.39 bits per heavy atom. The van der Waals surface area contributed by atoms with Gasteiger partial charge in [0.1, 0.15) is 0 Å². The molecule has 0 aromatic heterocycles. The summed E-state index contributed by atoms with van der Waals surface area (Å²) in [5.74, 6) is 0. The SMILES string of the molecule is FC(F)(F)c1cccc(C2=CCC(c3ccc4c(c3)Cc3ccccc3-4)=C2)c1. The molecule has 3 aromatic carbocycles. The maximum atomic E-state index is 13.0. The van der Waals surface area contributed by atoms with Gasteiger partial charge in [-0.25, -0.2) is 0 Å². The first-order valence-corrected chi connectivity index (χ1v) is 9.29. The Labute approximate surface area is 161 Å². The summed E-state index contributed by atoms with van der Waals surface area (Å²) < 4.78 is 39.0. The topological polar surface area (TPSA) is 0 Å². The van der Waals surface area contributed by atoms with Gasteiger partial charge in [0.2, 0.25) is 0 Å². The molecule has 0 saturated carbocycles. The van der Waals surface area contributed by atoms with Crippen molar-refractivity contribution in [3.8, 4) is 11.1 Å². The van der Waals surface area contributed by atoms with Crippen molar-refractivity contribution in [2.24, 2.45) is 0 Å². The van der Waals surface area contributed by atoms with Crippen LogP contribution in [-0.2, 0) is 12.6 Å². The lowest BCUT2D eigenvalue weighted by Crippen LogP contribution is -2.04. The average Bonchev–Trinajstić information content (AvgIpc) is 3.32. The molecule has 2 aliphatic carbocycles. The van der Waals surface area contributed by atoms with Crippen LogP contribution in [0.1, 0.15) is 34.2 Å². The van der Waals surface area contributed by atoms with E-state index in [0.717, 1.165) is 35.6 Å². The van der Waals surface area contributed by atoms with E-state index in [0.29, 0.717) is 5.56 Å². The number of allylic oxidation sites excluding steroid dienone is 4. The van der Waals surface area contributed by atoms with Crippen LogP contribution in [0.2, 0.25) is 0 Å². The molecule has 0 bridgehead atoms. The third kappa shape index (κ3) is 2.88. The molecule has 3 heteroatoms. The summed E-state index contributed by atoms with van der Waals surface area (Å²) in [5.41, 5.74) is 8.38. The molecule has 138 valence electrons. The molecule has 0 N–H and O–H groups in total. The van der Waals surface area contributed by atoms with Gasteiger partial charge in [0.25, 0.3) is 0 Å². The smallest absolute Gasteiger partial charge is 0.166 e. The van der Waals surface area contributed by atoms with Crippen LogP contribution >= 0.6 is 0 Å². The summed E-state index contributed by atoms with van der Waals surface area (Å²) in [6, 6.07) is 20.5. The zero-order valence-corrected chi connectivity index (χ0v) is 15.1. The van der Waals surface area contributed by atoms with Crippen LogP contribution in [0.25, 0.3) is 22.3 Å². The van der Waals surface area contributed by atoms with Gasteiger partial charge in [-0.15, -0.1) is 0 Å². The molecule has 0 amide bonds. The Bertz CT molecular complexity index is 1150. The lowest BCUT2D eigenvalue weighted by Gasteiger charge is -2.08. The quantitative estimate of drug-likeness (QED) is 0.349. The van der Waals surface area contributed by atoms with Crippen LogP contribution in [0.4, 0.5) is 13.2 Å². The molecule has 0 spiro atoms. The van der Waals surface area contributed by atoms with Gasteiger partial charge < -0.3 is 0 Å². The first kappa shape index (κ1) is 17.1. The van der Waals surface area contributed by atoms with E-state index in [1.165, 1.54) is 34.4 Å². The van der Waals surface area contributed by atoms with Crippen molar-refractivity contribution in [3.05, 3.63) is 107 Å².